The van der Waals surface area contributed by atoms with Crippen molar-refractivity contribution >= 4 is 27.3 Å². The van der Waals surface area contributed by atoms with Crippen molar-refractivity contribution < 1.29 is 13.2 Å². The van der Waals surface area contributed by atoms with Crippen LogP contribution in [0.3, 0.4) is 0 Å². The van der Waals surface area contributed by atoms with Gasteiger partial charge >= 0.3 is 0 Å². The Hall–Kier alpha value is -3.43. The lowest BCUT2D eigenvalue weighted by molar-refractivity contribution is 0.459. The SMILES string of the molecule is Cc1nc(Oc2ccc(NS(=O)(=O)c3cccc(Cl)c3C)cc2)cc(-n2nc(C)c(C)c2C)n1. The number of aryl methyl sites for hydroxylation is 2. The molecule has 2 heterocycles. The lowest BCUT2D eigenvalue weighted by atomic mass is 10.2. The lowest BCUT2D eigenvalue weighted by Crippen LogP contribution is -2.14. The van der Waals surface area contributed by atoms with Crippen LogP contribution in [0.1, 0.15) is 28.3 Å². The molecule has 8 nitrogen and oxygen atoms in total. The summed E-state index contributed by atoms with van der Waals surface area (Å²) in [5.41, 5.74) is 3.91. The summed E-state index contributed by atoms with van der Waals surface area (Å²) >= 11 is 6.07. The minimum Gasteiger partial charge on any atom is -0.439 e. The molecule has 10 heteroatoms. The molecule has 2 aromatic heterocycles. The first-order chi connectivity index (χ1) is 16.0. The zero-order valence-corrected chi connectivity index (χ0v) is 21.0. The minimum atomic E-state index is -3.79. The molecule has 0 amide bonds. The number of hydrogen-bond donors (Lipinski definition) is 1. The molecular formula is C24H24ClN5O3S. The second-order valence-corrected chi connectivity index (χ2v) is 9.97. The molecule has 0 aliphatic rings. The molecule has 0 unspecified atom stereocenters. The zero-order valence-electron chi connectivity index (χ0n) is 19.4. The van der Waals surface area contributed by atoms with E-state index in [-0.39, 0.29) is 4.90 Å². The first-order valence-electron chi connectivity index (χ1n) is 10.5. The summed E-state index contributed by atoms with van der Waals surface area (Å²) in [6, 6.07) is 13.0. The van der Waals surface area contributed by atoms with Crippen LogP contribution >= 0.6 is 11.6 Å². The second-order valence-electron chi connectivity index (χ2n) is 7.91. The van der Waals surface area contributed by atoms with Crippen LogP contribution < -0.4 is 9.46 Å². The Morgan fingerprint density at radius 1 is 0.941 bits per heavy atom. The van der Waals surface area contributed by atoms with E-state index in [2.05, 4.69) is 19.8 Å². The van der Waals surface area contributed by atoms with Crippen molar-refractivity contribution in [3.63, 3.8) is 0 Å². The summed E-state index contributed by atoms with van der Waals surface area (Å²) in [7, 11) is -3.79. The minimum absolute atomic E-state index is 0.128. The van der Waals surface area contributed by atoms with Crippen molar-refractivity contribution in [1.29, 1.82) is 0 Å². The van der Waals surface area contributed by atoms with Crippen LogP contribution in [0.5, 0.6) is 11.6 Å². The van der Waals surface area contributed by atoms with E-state index in [0.717, 1.165) is 17.0 Å². The van der Waals surface area contributed by atoms with Gasteiger partial charge in [0.25, 0.3) is 10.0 Å². The molecule has 1 N–H and O–H groups in total. The molecule has 4 rings (SSSR count). The van der Waals surface area contributed by atoms with E-state index in [1.807, 2.05) is 20.8 Å². The highest BCUT2D eigenvalue weighted by molar-refractivity contribution is 7.92. The van der Waals surface area contributed by atoms with Gasteiger partial charge in [-0.1, -0.05) is 17.7 Å². The lowest BCUT2D eigenvalue weighted by Gasteiger charge is -2.12. The van der Waals surface area contributed by atoms with Crippen molar-refractivity contribution in [2.75, 3.05) is 4.72 Å². The van der Waals surface area contributed by atoms with Gasteiger partial charge in [0.1, 0.15) is 11.6 Å². The van der Waals surface area contributed by atoms with E-state index >= 15 is 0 Å². The van der Waals surface area contributed by atoms with Gasteiger partial charge in [-0.05, 0) is 82.1 Å². The fourth-order valence-electron chi connectivity index (χ4n) is 3.43. The number of halogens is 1. The Morgan fingerprint density at radius 3 is 2.29 bits per heavy atom. The number of rotatable bonds is 6. The van der Waals surface area contributed by atoms with Crippen molar-refractivity contribution in [3.05, 3.63) is 81.9 Å². The van der Waals surface area contributed by atoms with Gasteiger partial charge in [-0.25, -0.2) is 18.1 Å². The van der Waals surface area contributed by atoms with Crippen LogP contribution in [-0.2, 0) is 10.0 Å². The number of hydrogen-bond acceptors (Lipinski definition) is 6. The Balaban J connectivity index is 1.55. The largest absolute Gasteiger partial charge is 0.439 e. The summed E-state index contributed by atoms with van der Waals surface area (Å²) in [6.07, 6.45) is 0. The molecule has 0 radical (unpaired) electrons. The van der Waals surface area contributed by atoms with E-state index < -0.39 is 10.0 Å². The van der Waals surface area contributed by atoms with Crippen molar-refractivity contribution in [3.8, 4) is 17.4 Å². The average molecular weight is 498 g/mol. The maximum absolute atomic E-state index is 12.8. The third-order valence-electron chi connectivity index (χ3n) is 5.51. The van der Waals surface area contributed by atoms with Crippen LogP contribution in [0.15, 0.2) is 53.4 Å². The molecule has 34 heavy (non-hydrogen) atoms. The Morgan fingerprint density at radius 2 is 1.65 bits per heavy atom. The Kier molecular flexibility index (Phi) is 6.33. The summed E-state index contributed by atoms with van der Waals surface area (Å²) < 4.78 is 35.8. The quantitative estimate of drug-likeness (QED) is 0.380. The molecule has 0 aliphatic heterocycles. The first kappa shape index (κ1) is 23.7. The summed E-state index contributed by atoms with van der Waals surface area (Å²) in [4.78, 5) is 8.96. The highest BCUT2D eigenvalue weighted by atomic mass is 35.5. The van der Waals surface area contributed by atoms with Gasteiger partial charge in [-0.3, -0.25) is 4.72 Å². The summed E-state index contributed by atoms with van der Waals surface area (Å²) in [5.74, 6) is 2.00. The number of nitrogens with one attached hydrogen (secondary N) is 1. The highest BCUT2D eigenvalue weighted by Gasteiger charge is 2.18. The molecule has 0 saturated carbocycles. The van der Waals surface area contributed by atoms with Crippen LogP contribution in [0.2, 0.25) is 5.02 Å². The number of ether oxygens (including phenoxy) is 1. The molecule has 176 valence electrons. The normalized spacial score (nSPS) is 11.5. The molecule has 0 saturated heterocycles. The van der Waals surface area contributed by atoms with Crippen LogP contribution in [0.25, 0.3) is 5.82 Å². The topological polar surface area (TPSA) is 99.0 Å². The van der Waals surface area contributed by atoms with E-state index in [9.17, 15) is 8.42 Å². The fourth-order valence-corrected chi connectivity index (χ4v) is 4.99. The number of nitrogens with zero attached hydrogens (tertiary/aromatic N) is 4. The number of benzene rings is 2. The molecule has 0 bridgehead atoms. The number of aromatic nitrogens is 4. The monoisotopic (exact) mass is 497 g/mol. The van der Waals surface area contributed by atoms with Gasteiger partial charge in [0.15, 0.2) is 5.82 Å². The predicted octanol–water partition coefficient (Wildman–Crippen LogP) is 5.45. The van der Waals surface area contributed by atoms with Crippen molar-refractivity contribution in [2.45, 2.75) is 39.5 Å². The van der Waals surface area contributed by atoms with E-state index in [0.29, 0.717) is 39.5 Å². The first-order valence-corrected chi connectivity index (χ1v) is 12.4. The summed E-state index contributed by atoms with van der Waals surface area (Å²) in [6.45, 7) is 9.40. The van der Waals surface area contributed by atoms with E-state index in [4.69, 9.17) is 16.3 Å². The van der Waals surface area contributed by atoms with Crippen LogP contribution in [0.4, 0.5) is 5.69 Å². The average Bonchev–Trinajstić information content (AvgIpc) is 3.03. The van der Waals surface area contributed by atoms with Gasteiger partial charge in [0.2, 0.25) is 5.88 Å². The van der Waals surface area contributed by atoms with Crippen molar-refractivity contribution in [1.82, 2.24) is 19.7 Å². The van der Waals surface area contributed by atoms with Gasteiger partial charge in [-0.15, -0.1) is 0 Å². The second kappa shape index (κ2) is 9.08. The highest BCUT2D eigenvalue weighted by Crippen LogP contribution is 2.27. The predicted molar refractivity (Wildman–Crippen MR) is 132 cm³/mol. The third-order valence-corrected chi connectivity index (χ3v) is 7.44. The van der Waals surface area contributed by atoms with E-state index in [1.165, 1.54) is 6.07 Å². The summed E-state index contributed by atoms with van der Waals surface area (Å²) in [5, 5.41) is 4.94. The third kappa shape index (κ3) is 4.76. The Bertz CT molecular complexity index is 1480. The maximum atomic E-state index is 12.8. The Labute approximate surface area is 203 Å². The number of sulfonamides is 1. The molecule has 0 spiro atoms. The van der Waals surface area contributed by atoms with Crippen LogP contribution in [-0.4, -0.2) is 28.2 Å². The van der Waals surface area contributed by atoms with E-state index in [1.54, 1.807) is 61.0 Å². The molecule has 2 aromatic carbocycles. The number of anilines is 1. The van der Waals surface area contributed by atoms with Crippen LogP contribution in [0, 0.1) is 34.6 Å². The molecule has 0 atom stereocenters. The molecular weight excluding hydrogens is 474 g/mol. The molecule has 4 aromatic rings. The van der Waals surface area contributed by atoms with Gasteiger partial charge in [0, 0.05) is 22.5 Å². The molecule has 0 aliphatic carbocycles. The van der Waals surface area contributed by atoms with Gasteiger partial charge in [-0.2, -0.15) is 10.1 Å². The van der Waals surface area contributed by atoms with Crippen molar-refractivity contribution in [2.24, 2.45) is 0 Å². The standard InChI is InChI=1S/C24H24ClN5O3S/c1-14-16(3)28-30(17(14)4)23-13-24(27-18(5)26-23)33-20-11-9-19(10-12-20)29-34(31,32)22-8-6-7-21(25)15(22)2/h6-13,29H,1-5H3. The van der Waals surface area contributed by atoms with Gasteiger partial charge < -0.3 is 4.74 Å². The van der Waals surface area contributed by atoms with Gasteiger partial charge in [0.05, 0.1) is 10.6 Å². The fraction of sp³-hybridized carbons (Fsp3) is 0.208. The molecule has 0 fully saturated rings. The zero-order chi connectivity index (χ0) is 24.6. The maximum Gasteiger partial charge on any atom is 0.262 e. The smallest absolute Gasteiger partial charge is 0.262 e.